The Bertz CT molecular complexity index is 1350. The number of tetrazole rings is 2. The molecule has 0 fully saturated rings. The van der Waals surface area contributed by atoms with Crippen molar-refractivity contribution in [1.29, 1.82) is 0 Å². The van der Waals surface area contributed by atoms with E-state index in [0.717, 1.165) is 51.7 Å². The minimum atomic E-state index is 0.120. The molecule has 0 bridgehead atoms. The lowest BCUT2D eigenvalue weighted by molar-refractivity contribution is 0.301. The van der Waals surface area contributed by atoms with Gasteiger partial charge in [0, 0.05) is 34.3 Å². The van der Waals surface area contributed by atoms with Crippen LogP contribution in [0, 0.1) is 0 Å². The van der Waals surface area contributed by atoms with Crippen LogP contribution in [-0.4, -0.2) is 52.0 Å². The first-order chi connectivity index (χ1) is 16.7. The molecule has 12 heteroatoms. The second-order valence-corrected chi connectivity index (χ2v) is 9.26. The summed E-state index contributed by atoms with van der Waals surface area (Å²) in [6, 6.07) is 17.7. The van der Waals surface area contributed by atoms with Crippen LogP contribution >= 0.6 is 23.4 Å². The first-order valence-corrected chi connectivity index (χ1v) is 12.0. The highest BCUT2D eigenvalue weighted by atomic mass is 35.5. The Labute approximate surface area is 203 Å². The summed E-state index contributed by atoms with van der Waals surface area (Å²) in [5.74, 6) is 3.09. The molecule has 10 nitrogen and oxygen atoms in total. The van der Waals surface area contributed by atoms with Gasteiger partial charge in [-0.25, -0.2) is 15.2 Å². The number of nitrogens with zero attached hydrogens (tertiary/aromatic N) is 7. The van der Waals surface area contributed by atoms with Crippen LogP contribution in [0.1, 0.15) is 28.2 Å². The fourth-order valence-electron chi connectivity index (χ4n) is 3.47. The van der Waals surface area contributed by atoms with Gasteiger partial charge in [-0.05, 0) is 56.7 Å². The highest BCUT2D eigenvalue weighted by Crippen LogP contribution is 2.33. The third kappa shape index (κ3) is 5.67. The minimum absolute atomic E-state index is 0.120. The summed E-state index contributed by atoms with van der Waals surface area (Å²) in [5, 5.41) is 30.1. The first kappa shape index (κ1) is 22.2. The lowest BCUT2D eigenvalue weighted by Gasteiger charge is -2.17. The standard InChI is InChI=1S/C22H20ClN9OS/c23-16-6-4-14-5-7-17(24-19(14)11-16)13-33-18-3-1-2-15(10-18)20(12-22-27-31-32-28-22)34-9-8-21-25-29-30-26-21/h1-7,10-11,20H,8-9,12-13H2,(H,25,26,29,30)(H,27,28,31,32). The van der Waals surface area contributed by atoms with Gasteiger partial charge in [0.25, 0.3) is 0 Å². The summed E-state index contributed by atoms with van der Waals surface area (Å²) in [5.41, 5.74) is 2.80. The summed E-state index contributed by atoms with van der Waals surface area (Å²) < 4.78 is 6.08. The normalized spacial score (nSPS) is 12.1. The van der Waals surface area contributed by atoms with E-state index in [2.05, 4.69) is 58.4 Å². The van der Waals surface area contributed by atoms with Crippen molar-refractivity contribution < 1.29 is 4.74 Å². The number of ether oxygens (including phenoxy) is 1. The number of aryl methyl sites for hydroxylation is 1. The Hall–Kier alpha value is -3.57. The van der Waals surface area contributed by atoms with Crippen molar-refractivity contribution in [3.63, 3.8) is 0 Å². The second kappa shape index (κ2) is 10.6. The van der Waals surface area contributed by atoms with Crippen LogP contribution in [0.2, 0.25) is 5.02 Å². The molecule has 0 saturated heterocycles. The van der Waals surface area contributed by atoms with Crippen LogP contribution < -0.4 is 4.74 Å². The fraction of sp³-hybridized carbons (Fsp3) is 0.227. The van der Waals surface area contributed by atoms with Gasteiger partial charge >= 0.3 is 0 Å². The van der Waals surface area contributed by atoms with E-state index in [1.807, 2.05) is 42.5 Å². The third-order valence-electron chi connectivity index (χ3n) is 5.14. The number of aromatic amines is 2. The molecule has 0 aliphatic carbocycles. The molecular formula is C22H20ClN9OS. The number of fused-ring (bicyclic) bond motifs is 1. The van der Waals surface area contributed by atoms with Gasteiger partial charge in [-0.1, -0.05) is 35.9 Å². The predicted octanol–water partition coefficient (Wildman–Crippen LogP) is 3.75. The van der Waals surface area contributed by atoms with Crippen LogP contribution in [0.5, 0.6) is 5.75 Å². The van der Waals surface area contributed by atoms with Crippen molar-refractivity contribution >= 4 is 34.3 Å². The summed E-state index contributed by atoms with van der Waals surface area (Å²) in [6.45, 7) is 0.355. The zero-order chi connectivity index (χ0) is 23.2. The highest BCUT2D eigenvalue weighted by molar-refractivity contribution is 7.99. The number of rotatable bonds is 10. The molecule has 2 N–H and O–H groups in total. The molecule has 1 atom stereocenters. The molecule has 3 heterocycles. The Balaban J connectivity index is 1.28. The van der Waals surface area contributed by atoms with Crippen molar-refractivity contribution in [2.45, 2.75) is 24.7 Å². The van der Waals surface area contributed by atoms with E-state index >= 15 is 0 Å². The lowest BCUT2D eigenvalue weighted by Crippen LogP contribution is -2.05. The van der Waals surface area contributed by atoms with Crippen LogP contribution in [0.15, 0.2) is 54.6 Å². The number of aromatic nitrogens is 9. The molecule has 3 aromatic heterocycles. The van der Waals surface area contributed by atoms with Gasteiger partial charge in [-0.2, -0.15) is 11.8 Å². The number of hydrogen-bond donors (Lipinski definition) is 2. The van der Waals surface area contributed by atoms with E-state index in [1.165, 1.54) is 0 Å². The number of pyridine rings is 1. The average molecular weight is 494 g/mol. The molecule has 172 valence electrons. The number of hydrogen-bond acceptors (Lipinski definition) is 9. The predicted molar refractivity (Wildman–Crippen MR) is 128 cm³/mol. The Kier molecular flexibility index (Phi) is 6.91. The van der Waals surface area contributed by atoms with Crippen molar-refractivity contribution in [1.82, 2.24) is 46.2 Å². The topological polar surface area (TPSA) is 131 Å². The molecular weight excluding hydrogens is 474 g/mol. The average Bonchev–Trinajstić information content (AvgIpc) is 3.56. The van der Waals surface area contributed by atoms with Crippen molar-refractivity contribution in [3.05, 3.63) is 82.5 Å². The quantitative estimate of drug-likeness (QED) is 0.298. The molecule has 5 rings (SSSR count). The smallest absolute Gasteiger partial charge is 0.149 e. The van der Waals surface area contributed by atoms with Crippen molar-refractivity contribution in [3.8, 4) is 5.75 Å². The monoisotopic (exact) mass is 493 g/mol. The lowest BCUT2D eigenvalue weighted by atomic mass is 10.1. The zero-order valence-electron chi connectivity index (χ0n) is 17.9. The van der Waals surface area contributed by atoms with Gasteiger partial charge in [0.05, 0.1) is 11.2 Å². The maximum absolute atomic E-state index is 6.11. The molecule has 0 saturated carbocycles. The molecule has 1 unspecified atom stereocenters. The largest absolute Gasteiger partial charge is 0.487 e. The van der Waals surface area contributed by atoms with E-state index in [0.29, 0.717) is 18.1 Å². The SMILES string of the molecule is Clc1ccc2ccc(COc3cccc(C(Cc4nnn[nH]4)SCCc4nnn[nH]4)c3)nc2c1. The third-order valence-corrected chi connectivity index (χ3v) is 6.66. The molecule has 0 radical (unpaired) electrons. The van der Waals surface area contributed by atoms with Crippen LogP contribution in [0.3, 0.4) is 0 Å². The minimum Gasteiger partial charge on any atom is -0.487 e. The molecule has 0 aliphatic heterocycles. The number of nitrogens with one attached hydrogen (secondary N) is 2. The summed E-state index contributed by atoms with van der Waals surface area (Å²) in [6.07, 6.45) is 1.39. The first-order valence-electron chi connectivity index (χ1n) is 10.6. The zero-order valence-corrected chi connectivity index (χ0v) is 19.5. The molecule has 5 aromatic rings. The van der Waals surface area contributed by atoms with Gasteiger partial charge in [0.1, 0.15) is 24.0 Å². The number of benzene rings is 2. The van der Waals surface area contributed by atoms with Crippen LogP contribution in [0.4, 0.5) is 0 Å². The van der Waals surface area contributed by atoms with Gasteiger partial charge in [-0.15, -0.1) is 10.2 Å². The van der Waals surface area contributed by atoms with E-state index in [9.17, 15) is 0 Å². The van der Waals surface area contributed by atoms with Gasteiger partial charge in [-0.3, -0.25) is 0 Å². The maximum Gasteiger partial charge on any atom is 0.149 e. The molecule has 2 aromatic carbocycles. The van der Waals surface area contributed by atoms with Crippen LogP contribution in [0.25, 0.3) is 10.9 Å². The van der Waals surface area contributed by atoms with Crippen LogP contribution in [-0.2, 0) is 19.4 Å². The van der Waals surface area contributed by atoms with E-state index in [-0.39, 0.29) is 5.25 Å². The maximum atomic E-state index is 6.11. The fourth-order valence-corrected chi connectivity index (χ4v) is 4.85. The van der Waals surface area contributed by atoms with Gasteiger partial charge in [0.15, 0.2) is 0 Å². The summed E-state index contributed by atoms with van der Waals surface area (Å²) in [4.78, 5) is 4.66. The molecule has 0 aliphatic rings. The van der Waals surface area contributed by atoms with E-state index in [1.54, 1.807) is 11.8 Å². The van der Waals surface area contributed by atoms with E-state index < -0.39 is 0 Å². The number of halogens is 1. The number of H-pyrrole nitrogens is 2. The van der Waals surface area contributed by atoms with E-state index in [4.69, 9.17) is 16.3 Å². The second-order valence-electron chi connectivity index (χ2n) is 7.51. The Morgan fingerprint density at radius 1 is 0.941 bits per heavy atom. The van der Waals surface area contributed by atoms with Gasteiger partial charge < -0.3 is 4.74 Å². The van der Waals surface area contributed by atoms with Gasteiger partial charge in [0.2, 0.25) is 0 Å². The molecule has 0 spiro atoms. The molecule has 0 amide bonds. The summed E-state index contributed by atoms with van der Waals surface area (Å²) >= 11 is 7.89. The number of thioether (sulfide) groups is 1. The Morgan fingerprint density at radius 2 is 1.76 bits per heavy atom. The van der Waals surface area contributed by atoms with Crippen molar-refractivity contribution in [2.75, 3.05) is 5.75 Å². The Morgan fingerprint density at radius 3 is 2.59 bits per heavy atom. The highest BCUT2D eigenvalue weighted by Gasteiger charge is 2.17. The van der Waals surface area contributed by atoms with Crippen molar-refractivity contribution in [2.24, 2.45) is 0 Å². The summed E-state index contributed by atoms with van der Waals surface area (Å²) in [7, 11) is 0. The molecule has 34 heavy (non-hydrogen) atoms.